The van der Waals surface area contributed by atoms with Gasteiger partial charge in [-0.05, 0) is 30.3 Å². The molecule has 1 aromatic heterocycles. The summed E-state index contributed by atoms with van der Waals surface area (Å²) in [6.45, 7) is 2.04. The fourth-order valence-electron chi connectivity index (χ4n) is 1.65. The van der Waals surface area contributed by atoms with Crippen LogP contribution in [0.2, 0.25) is 5.02 Å². The molecule has 0 fully saturated rings. The lowest BCUT2D eigenvalue weighted by Gasteiger charge is -2.03. The molecule has 0 aliphatic rings. The molecule has 2 aromatic rings. The first-order valence-electron chi connectivity index (χ1n) is 5.77. The van der Waals surface area contributed by atoms with Crippen molar-refractivity contribution in [2.75, 3.05) is 5.43 Å². The Balaban J connectivity index is 0.00000180. The van der Waals surface area contributed by atoms with E-state index in [0.717, 1.165) is 12.1 Å². The zero-order valence-corrected chi connectivity index (χ0v) is 11.9. The zero-order valence-electron chi connectivity index (χ0n) is 10.4. The van der Waals surface area contributed by atoms with Gasteiger partial charge in [0.2, 0.25) is 5.69 Å². The summed E-state index contributed by atoms with van der Waals surface area (Å²) in [6.07, 6.45) is 2.67. The highest BCUT2D eigenvalue weighted by molar-refractivity contribution is 6.30. The number of benzene rings is 1. The summed E-state index contributed by atoms with van der Waals surface area (Å²) in [5.74, 6) is -0.155. The normalized spacial score (nSPS) is 9.58. The number of aromatic nitrogens is 1. The average Bonchev–Trinajstić information content (AvgIpc) is 2.40. The lowest BCUT2D eigenvalue weighted by atomic mass is 10.2. The van der Waals surface area contributed by atoms with Gasteiger partial charge in [-0.1, -0.05) is 23.2 Å². The molecule has 0 radical (unpaired) electrons. The molecule has 100 valence electrons. The number of nitrogens with one attached hydrogen (secondary N) is 1. The molecule has 0 aliphatic heterocycles. The van der Waals surface area contributed by atoms with E-state index in [9.17, 15) is 4.79 Å². The van der Waals surface area contributed by atoms with Crippen LogP contribution in [-0.2, 0) is 6.42 Å². The van der Waals surface area contributed by atoms with Gasteiger partial charge in [0.1, 0.15) is 0 Å². The largest absolute Gasteiger partial charge is 1.00 e. The van der Waals surface area contributed by atoms with Crippen molar-refractivity contribution in [3.63, 3.8) is 0 Å². The summed E-state index contributed by atoms with van der Waals surface area (Å²) < 4.78 is 1.73. The van der Waals surface area contributed by atoms with Crippen molar-refractivity contribution in [3.8, 4) is 0 Å². The second-order valence-corrected chi connectivity index (χ2v) is 4.30. The van der Waals surface area contributed by atoms with Crippen LogP contribution in [-0.4, -0.2) is 5.91 Å². The third kappa shape index (κ3) is 3.94. The molecule has 3 nitrogen and oxygen atoms in total. The highest BCUT2D eigenvalue weighted by atomic mass is 35.5. The third-order valence-electron chi connectivity index (χ3n) is 2.63. The molecule has 0 saturated carbocycles. The first-order chi connectivity index (χ1) is 8.70. The number of halogens is 2. The van der Waals surface area contributed by atoms with E-state index >= 15 is 0 Å². The van der Waals surface area contributed by atoms with Gasteiger partial charge in [-0.25, -0.2) is 0 Å². The summed E-state index contributed by atoms with van der Waals surface area (Å²) in [6, 6.07) is 12.6. The first kappa shape index (κ1) is 15.5. The van der Waals surface area contributed by atoms with Crippen LogP contribution >= 0.6 is 11.6 Å². The maximum Gasteiger partial charge on any atom is 0.305 e. The maximum absolute atomic E-state index is 12.0. The Kier molecular flexibility index (Phi) is 5.80. The van der Waals surface area contributed by atoms with Gasteiger partial charge in [0.15, 0.2) is 6.20 Å². The summed E-state index contributed by atoms with van der Waals surface area (Å²) in [5.41, 5.74) is 4.45. The van der Waals surface area contributed by atoms with Gasteiger partial charge >= 0.3 is 5.91 Å². The predicted molar refractivity (Wildman–Crippen MR) is 71.2 cm³/mol. The summed E-state index contributed by atoms with van der Waals surface area (Å²) in [5, 5.41) is 0.619. The summed E-state index contributed by atoms with van der Waals surface area (Å²) >= 11 is 5.79. The number of pyridine rings is 1. The molecule has 1 N–H and O–H groups in total. The Morgan fingerprint density at radius 2 is 1.89 bits per heavy atom. The first-order valence-corrected chi connectivity index (χ1v) is 6.15. The van der Waals surface area contributed by atoms with Crippen LogP contribution in [0.3, 0.4) is 0 Å². The van der Waals surface area contributed by atoms with Crippen LogP contribution in [0.5, 0.6) is 0 Å². The van der Waals surface area contributed by atoms with Crippen molar-refractivity contribution in [1.29, 1.82) is 0 Å². The topological polar surface area (TPSA) is 33.0 Å². The number of amides is 1. The molecule has 0 saturated heterocycles. The fraction of sp³-hybridized carbons (Fsp3) is 0.143. The van der Waals surface area contributed by atoms with E-state index < -0.39 is 0 Å². The molecule has 0 spiro atoms. The third-order valence-corrected chi connectivity index (χ3v) is 2.89. The van der Waals surface area contributed by atoms with Crippen LogP contribution in [0, 0.1) is 0 Å². The van der Waals surface area contributed by atoms with Crippen LogP contribution in [0.15, 0.2) is 48.7 Å². The van der Waals surface area contributed by atoms with E-state index in [1.807, 2.05) is 31.3 Å². The number of nitrogens with zero attached hydrogens (tertiary/aromatic N) is 1. The van der Waals surface area contributed by atoms with Crippen LogP contribution in [0.25, 0.3) is 0 Å². The summed E-state index contributed by atoms with van der Waals surface area (Å²) in [4.78, 5) is 12.0. The van der Waals surface area contributed by atoms with Crippen molar-refractivity contribution in [1.82, 2.24) is 0 Å². The van der Waals surface area contributed by atoms with Gasteiger partial charge in [0.05, 0.1) is 0 Å². The Bertz CT molecular complexity index is 556. The van der Waals surface area contributed by atoms with Crippen molar-refractivity contribution >= 4 is 17.5 Å². The standard InChI is InChI=1S/C14H13ClN2O.ClH/c1-2-13-5-3-4-10-17(13)16-14(18)11-6-8-12(15)9-7-11;/h3-10H,2H2,1H3;1H. The van der Waals surface area contributed by atoms with Gasteiger partial charge in [-0.15, -0.1) is 5.43 Å². The number of aryl methyl sites for hydroxylation is 1. The lowest BCUT2D eigenvalue weighted by molar-refractivity contribution is -0.649. The Morgan fingerprint density at radius 1 is 1.21 bits per heavy atom. The lowest BCUT2D eigenvalue weighted by Crippen LogP contribution is -3.00. The molecular weight excluding hydrogens is 283 g/mol. The number of carbonyl (C=O) groups excluding carboxylic acids is 1. The zero-order chi connectivity index (χ0) is 13.0. The number of rotatable bonds is 3. The smallest absolute Gasteiger partial charge is 0.305 e. The molecule has 2 rings (SSSR count). The van der Waals surface area contributed by atoms with Gasteiger partial charge < -0.3 is 12.4 Å². The molecule has 1 heterocycles. The maximum atomic E-state index is 12.0. The number of hydrogen-bond acceptors (Lipinski definition) is 1. The number of hydrogen-bond donors (Lipinski definition) is 1. The molecule has 0 atom stereocenters. The van der Waals surface area contributed by atoms with Crippen LogP contribution in [0.4, 0.5) is 0 Å². The van der Waals surface area contributed by atoms with Crippen molar-refractivity contribution < 1.29 is 21.9 Å². The van der Waals surface area contributed by atoms with Crippen molar-refractivity contribution in [3.05, 3.63) is 64.9 Å². The number of carbonyl (C=O) groups is 1. The van der Waals surface area contributed by atoms with E-state index in [4.69, 9.17) is 11.6 Å². The minimum atomic E-state index is -0.155. The predicted octanol–water partition coefficient (Wildman–Crippen LogP) is -0.422. The van der Waals surface area contributed by atoms with Gasteiger partial charge in [-0.3, -0.25) is 4.79 Å². The van der Waals surface area contributed by atoms with E-state index in [-0.39, 0.29) is 18.3 Å². The van der Waals surface area contributed by atoms with Gasteiger partial charge in [0.25, 0.3) is 0 Å². The van der Waals surface area contributed by atoms with Gasteiger partial charge in [-0.2, -0.15) is 0 Å². The summed E-state index contributed by atoms with van der Waals surface area (Å²) in [7, 11) is 0. The van der Waals surface area contributed by atoms with E-state index in [0.29, 0.717) is 10.6 Å². The highest BCUT2D eigenvalue weighted by Gasteiger charge is 2.13. The molecule has 1 aromatic carbocycles. The SMILES string of the molecule is CCc1cccc[n+]1NC(=O)c1ccc(Cl)cc1.[Cl-]. The fourth-order valence-corrected chi connectivity index (χ4v) is 1.78. The van der Waals surface area contributed by atoms with E-state index in [2.05, 4.69) is 5.43 Å². The molecule has 0 aliphatic carbocycles. The Morgan fingerprint density at radius 3 is 2.53 bits per heavy atom. The quantitative estimate of drug-likeness (QED) is 0.767. The van der Waals surface area contributed by atoms with Crippen LogP contribution in [0.1, 0.15) is 23.0 Å². The minimum absolute atomic E-state index is 0. The average molecular weight is 297 g/mol. The monoisotopic (exact) mass is 296 g/mol. The Labute approximate surface area is 123 Å². The minimum Gasteiger partial charge on any atom is -1.00 e. The molecular formula is C14H14Cl2N2O. The van der Waals surface area contributed by atoms with Crippen LogP contribution < -0.4 is 22.5 Å². The Hall–Kier alpha value is -1.58. The second kappa shape index (κ2) is 7.12. The van der Waals surface area contributed by atoms with E-state index in [1.165, 1.54) is 0 Å². The van der Waals surface area contributed by atoms with Crippen molar-refractivity contribution in [2.24, 2.45) is 0 Å². The molecule has 1 amide bonds. The van der Waals surface area contributed by atoms with Gasteiger partial charge in [0, 0.05) is 29.1 Å². The molecule has 0 unspecified atom stereocenters. The highest BCUT2D eigenvalue weighted by Crippen LogP contribution is 2.09. The van der Waals surface area contributed by atoms with Crippen molar-refractivity contribution in [2.45, 2.75) is 13.3 Å². The second-order valence-electron chi connectivity index (χ2n) is 3.86. The molecule has 5 heteroatoms. The molecule has 0 bridgehead atoms. The molecule has 19 heavy (non-hydrogen) atoms. The van der Waals surface area contributed by atoms with E-state index in [1.54, 1.807) is 28.9 Å².